The number of rotatable bonds is 6. The summed E-state index contributed by atoms with van der Waals surface area (Å²) in [7, 11) is 0. The normalized spacial score (nSPS) is 11.7. The predicted molar refractivity (Wildman–Crippen MR) is 117 cm³/mol. The van der Waals surface area contributed by atoms with E-state index < -0.39 is 0 Å². The van der Waals surface area contributed by atoms with Crippen molar-refractivity contribution in [2.75, 3.05) is 5.32 Å². The van der Waals surface area contributed by atoms with Crippen molar-refractivity contribution in [1.29, 1.82) is 0 Å². The maximum Gasteiger partial charge on any atom is 0.131 e. The van der Waals surface area contributed by atoms with Gasteiger partial charge in [0.2, 0.25) is 0 Å². The molecule has 3 rings (SSSR count). The third-order valence-corrected chi connectivity index (χ3v) is 6.35. The van der Waals surface area contributed by atoms with E-state index in [4.69, 9.17) is 17.3 Å². The summed E-state index contributed by atoms with van der Waals surface area (Å²) >= 11 is 9.76. The fraction of sp³-hybridized carbons (Fsp3) is 0.353. The molecule has 0 bridgehead atoms. The summed E-state index contributed by atoms with van der Waals surface area (Å²) in [6, 6.07) is 6.30. The van der Waals surface area contributed by atoms with Crippen molar-refractivity contribution >= 4 is 75.0 Å². The van der Waals surface area contributed by atoms with Gasteiger partial charge in [-0.15, -0.1) is 47.5 Å². The molecule has 0 aliphatic carbocycles. The number of anilines is 1. The molecule has 3 heterocycles. The number of thiophene rings is 2. The van der Waals surface area contributed by atoms with E-state index in [2.05, 4.69) is 41.7 Å². The molecule has 1 atom stereocenters. The molecule has 8 heteroatoms. The minimum Gasteiger partial charge on any atom is -0.379 e. The minimum absolute atomic E-state index is 0. The first-order valence-electron chi connectivity index (χ1n) is 7.68. The molecule has 0 radical (unpaired) electrons. The van der Waals surface area contributed by atoms with E-state index in [-0.39, 0.29) is 30.9 Å². The summed E-state index contributed by atoms with van der Waals surface area (Å²) in [5, 5.41) is 6.12. The Kier molecular flexibility index (Phi) is 8.95. The molecule has 0 aromatic carbocycles. The molecule has 3 aromatic heterocycles. The Morgan fingerprint density at radius 1 is 1.36 bits per heavy atom. The lowest BCUT2D eigenvalue weighted by Gasteiger charge is -2.07. The molecule has 0 unspecified atom stereocenters. The molecule has 138 valence electrons. The van der Waals surface area contributed by atoms with Gasteiger partial charge in [-0.25, -0.2) is 4.98 Å². The number of nitrogens with zero attached hydrogens (tertiary/aromatic N) is 1. The zero-order valence-electron chi connectivity index (χ0n) is 14.0. The first kappa shape index (κ1) is 22.5. The van der Waals surface area contributed by atoms with Crippen molar-refractivity contribution in [3.05, 3.63) is 44.1 Å². The van der Waals surface area contributed by atoms with Gasteiger partial charge in [-0.1, -0.05) is 24.6 Å². The van der Waals surface area contributed by atoms with E-state index in [1.807, 2.05) is 6.07 Å². The van der Waals surface area contributed by atoms with Crippen LogP contribution in [-0.4, -0.2) is 11.0 Å². The average Bonchev–Trinajstić information content (AvgIpc) is 3.15. The average molecular weight is 439 g/mol. The second-order valence-corrected chi connectivity index (χ2v) is 8.15. The highest BCUT2D eigenvalue weighted by atomic mass is 35.5. The molecule has 25 heavy (non-hydrogen) atoms. The number of fused-ring (bicyclic) bond motifs is 1. The van der Waals surface area contributed by atoms with Crippen LogP contribution < -0.4 is 11.1 Å². The van der Waals surface area contributed by atoms with Gasteiger partial charge in [0.1, 0.15) is 5.15 Å². The van der Waals surface area contributed by atoms with E-state index in [0.717, 1.165) is 30.6 Å². The summed E-state index contributed by atoms with van der Waals surface area (Å²) in [6.45, 7) is 5.03. The van der Waals surface area contributed by atoms with Gasteiger partial charge in [-0.05, 0) is 36.8 Å². The molecular formula is C17H22Cl3N3S2. The van der Waals surface area contributed by atoms with Crippen LogP contribution in [-0.2, 0) is 13.0 Å². The molecule has 0 fully saturated rings. The van der Waals surface area contributed by atoms with Gasteiger partial charge in [-0.3, -0.25) is 0 Å². The van der Waals surface area contributed by atoms with Gasteiger partial charge in [-0.2, -0.15) is 0 Å². The molecule has 3 nitrogen and oxygen atoms in total. The molecule has 3 N–H and O–H groups in total. The van der Waals surface area contributed by atoms with Crippen molar-refractivity contribution in [3.63, 3.8) is 0 Å². The van der Waals surface area contributed by atoms with E-state index in [1.165, 1.54) is 20.0 Å². The number of halogens is 3. The van der Waals surface area contributed by atoms with Gasteiger partial charge in [0, 0.05) is 28.4 Å². The first-order valence-corrected chi connectivity index (χ1v) is 9.76. The van der Waals surface area contributed by atoms with Crippen LogP contribution >= 0.6 is 59.1 Å². The Morgan fingerprint density at radius 3 is 2.76 bits per heavy atom. The summed E-state index contributed by atoms with van der Waals surface area (Å²) in [4.78, 5) is 7.14. The Morgan fingerprint density at radius 2 is 2.12 bits per heavy atom. The molecule has 3 aromatic rings. The molecule has 0 saturated carbocycles. The highest BCUT2D eigenvalue weighted by molar-refractivity contribution is 7.19. The Hall–Kier alpha value is -0.560. The zero-order valence-corrected chi connectivity index (χ0v) is 18.1. The second-order valence-electron chi connectivity index (χ2n) is 5.63. The fourth-order valence-electron chi connectivity index (χ4n) is 2.50. The Bertz CT molecular complexity index is 803. The van der Waals surface area contributed by atoms with Crippen LogP contribution in [0.15, 0.2) is 23.6 Å². The van der Waals surface area contributed by atoms with Crippen molar-refractivity contribution in [3.8, 4) is 0 Å². The van der Waals surface area contributed by atoms with Crippen LogP contribution in [0.3, 0.4) is 0 Å². The van der Waals surface area contributed by atoms with Gasteiger partial charge < -0.3 is 11.1 Å². The quantitative estimate of drug-likeness (QED) is 0.460. The first-order chi connectivity index (χ1) is 11.1. The fourth-order valence-corrected chi connectivity index (χ4v) is 4.66. The largest absolute Gasteiger partial charge is 0.379 e. The SMILES string of the molecule is CC[C@H](N)Cc1sc2c(NCc3cccs3)cc(Cl)nc2c1C.Cl.Cl. The molecule has 0 spiro atoms. The number of nitrogens with two attached hydrogens (primary N) is 1. The lowest BCUT2D eigenvalue weighted by Crippen LogP contribution is -2.21. The van der Waals surface area contributed by atoms with Gasteiger partial charge in [0.25, 0.3) is 0 Å². The zero-order chi connectivity index (χ0) is 16.4. The maximum atomic E-state index is 6.23. The van der Waals surface area contributed by atoms with Crippen molar-refractivity contribution in [2.24, 2.45) is 5.73 Å². The lowest BCUT2D eigenvalue weighted by molar-refractivity contribution is 0.650. The number of aryl methyl sites for hydroxylation is 1. The van der Waals surface area contributed by atoms with E-state index >= 15 is 0 Å². The highest BCUT2D eigenvalue weighted by Gasteiger charge is 2.16. The maximum absolute atomic E-state index is 6.23. The van der Waals surface area contributed by atoms with Crippen LogP contribution in [0.2, 0.25) is 5.15 Å². The molecule has 0 aliphatic rings. The van der Waals surface area contributed by atoms with Crippen LogP contribution in [0.25, 0.3) is 10.2 Å². The predicted octanol–water partition coefficient (Wildman–Crippen LogP) is 6.06. The molecular weight excluding hydrogens is 417 g/mol. The van der Waals surface area contributed by atoms with Crippen molar-refractivity contribution in [1.82, 2.24) is 4.98 Å². The van der Waals surface area contributed by atoms with Crippen LogP contribution in [0.4, 0.5) is 5.69 Å². The topological polar surface area (TPSA) is 50.9 Å². The molecule has 0 saturated heterocycles. The van der Waals surface area contributed by atoms with Gasteiger partial charge in [0.15, 0.2) is 0 Å². The Balaban J connectivity index is 0.00000156. The van der Waals surface area contributed by atoms with E-state index in [9.17, 15) is 0 Å². The van der Waals surface area contributed by atoms with Gasteiger partial charge in [0.05, 0.1) is 15.9 Å². The minimum atomic E-state index is 0. The Labute approximate surface area is 173 Å². The van der Waals surface area contributed by atoms with Crippen LogP contribution in [0.1, 0.15) is 28.7 Å². The standard InChI is InChI=1S/C17H20ClN3S2.2ClH/c1-3-11(19)7-14-10(2)16-17(23-14)13(8-15(18)21-16)20-9-12-5-4-6-22-12;;/h4-6,8,11H,3,7,9,19H2,1-2H3,(H,20,21);2*1H/t11-;;/m0../s1. The van der Waals surface area contributed by atoms with Gasteiger partial charge >= 0.3 is 0 Å². The molecule has 0 aliphatic heterocycles. The van der Waals surface area contributed by atoms with Crippen LogP contribution in [0, 0.1) is 6.92 Å². The summed E-state index contributed by atoms with van der Waals surface area (Å²) in [5.74, 6) is 0. The van der Waals surface area contributed by atoms with Crippen LogP contribution in [0.5, 0.6) is 0 Å². The molecule has 0 amide bonds. The highest BCUT2D eigenvalue weighted by Crippen LogP contribution is 2.37. The monoisotopic (exact) mass is 437 g/mol. The summed E-state index contributed by atoms with van der Waals surface area (Å²) in [5.41, 5.74) is 9.39. The smallest absolute Gasteiger partial charge is 0.131 e. The van der Waals surface area contributed by atoms with E-state index in [1.54, 1.807) is 22.7 Å². The summed E-state index contributed by atoms with van der Waals surface area (Å²) in [6.07, 6.45) is 1.87. The number of hydrogen-bond donors (Lipinski definition) is 2. The lowest BCUT2D eigenvalue weighted by atomic mass is 10.1. The van der Waals surface area contributed by atoms with E-state index in [0.29, 0.717) is 5.15 Å². The summed E-state index contributed by atoms with van der Waals surface area (Å²) < 4.78 is 1.17. The number of aromatic nitrogens is 1. The third-order valence-electron chi connectivity index (χ3n) is 3.95. The number of nitrogens with one attached hydrogen (secondary N) is 1. The number of pyridine rings is 1. The number of hydrogen-bond acceptors (Lipinski definition) is 5. The second kappa shape index (κ2) is 9.95. The van der Waals surface area contributed by atoms with Crippen molar-refractivity contribution in [2.45, 2.75) is 39.3 Å². The third kappa shape index (κ3) is 5.22. The van der Waals surface area contributed by atoms with Crippen molar-refractivity contribution < 1.29 is 0 Å².